The quantitative estimate of drug-likeness (QED) is 0.913. The highest BCUT2D eigenvalue weighted by molar-refractivity contribution is 6.31. The molecule has 1 saturated carbocycles. The van der Waals surface area contributed by atoms with Crippen LogP contribution < -0.4 is 10.1 Å². The van der Waals surface area contributed by atoms with Crippen LogP contribution in [0.3, 0.4) is 0 Å². The lowest BCUT2D eigenvalue weighted by molar-refractivity contribution is -0.0520. The summed E-state index contributed by atoms with van der Waals surface area (Å²) in [5.41, 5.74) is 0.583. The minimum atomic E-state index is 0.106. The van der Waals surface area contributed by atoms with Crippen molar-refractivity contribution >= 4 is 11.6 Å². The maximum Gasteiger partial charge on any atom is 0.121 e. The molecular formula is C14H17ClN2O. The molecule has 3 nitrogen and oxygen atoms in total. The number of nitrogens with one attached hydrogen (secondary N) is 1. The van der Waals surface area contributed by atoms with Gasteiger partial charge in [0.05, 0.1) is 10.6 Å². The van der Waals surface area contributed by atoms with Gasteiger partial charge in [0.25, 0.3) is 0 Å². The van der Waals surface area contributed by atoms with E-state index in [1.54, 1.807) is 18.2 Å². The van der Waals surface area contributed by atoms with Crippen LogP contribution in [0.1, 0.15) is 25.8 Å². The Hall–Kier alpha value is -1.24. The number of rotatable bonds is 3. The highest BCUT2D eigenvalue weighted by atomic mass is 35.5. The lowest BCUT2D eigenvalue weighted by Crippen LogP contribution is -2.61. The number of hydrogen-bond donors (Lipinski definition) is 1. The number of nitriles is 1. The second kappa shape index (κ2) is 4.79. The van der Waals surface area contributed by atoms with Crippen LogP contribution in [-0.2, 0) is 0 Å². The van der Waals surface area contributed by atoms with Crippen molar-refractivity contribution in [3.63, 3.8) is 0 Å². The first-order chi connectivity index (χ1) is 8.48. The molecule has 1 N–H and O–H groups in total. The summed E-state index contributed by atoms with van der Waals surface area (Å²) in [4.78, 5) is 0. The van der Waals surface area contributed by atoms with Crippen molar-refractivity contribution in [1.82, 2.24) is 5.32 Å². The van der Waals surface area contributed by atoms with E-state index in [-0.39, 0.29) is 11.5 Å². The Morgan fingerprint density at radius 3 is 2.72 bits per heavy atom. The highest BCUT2D eigenvalue weighted by Gasteiger charge is 2.49. The monoisotopic (exact) mass is 264 g/mol. The first-order valence-corrected chi connectivity index (χ1v) is 6.40. The molecule has 0 unspecified atom stereocenters. The summed E-state index contributed by atoms with van der Waals surface area (Å²) in [6.07, 6.45) is 1.17. The van der Waals surface area contributed by atoms with Crippen molar-refractivity contribution in [2.24, 2.45) is 5.41 Å². The van der Waals surface area contributed by atoms with E-state index in [4.69, 9.17) is 21.6 Å². The predicted molar refractivity (Wildman–Crippen MR) is 71.8 cm³/mol. The Kier molecular flexibility index (Phi) is 3.52. The van der Waals surface area contributed by atoms with Gasteiger partial charge in [0.1, 0.15) is 17.9 Å². The standard InChI is InChI=1S/C14H17ClN2O/c1-14(2)12(17-3)7-13(14)18-10-5-4-9(8-16)11(15)6-10/h4-6,12-13,17H,7H2,1-3H3/t12-,13-/m0/s1. The van der Waals surface area contributed by atoms with E-state index in [0.29, 0.717) is 16.6 Å². The molecule has 0 radical (unpaired) electrons. The molecular weight excluding hydrogens is 248 g/mol. The molecule has 0 aromatic heterocycles. The largest absolute Gasteiger partial charge is 0.490 e. The van der Waals surface area contributed by atoms with Gasteiger partial charge in [0.15, 0.2) is 0 Å². The van der Waals surface area contributed by atoms with Gasteiger partial charge in [-0.3, -0.25) is 0 Å². The van der Waals surface area contributed by atoms with Crippen LogP contribution in [0, 0.1) is 16.7 Å². The Balaban J connectivity index is 2.08. The summed E-state index contributed by atoms with van der Waals surface area (Å²) >= 11 is 5.99. The van der Waals surface area contributed by atoms with Crippen LogP contribution in [-0.4, -0.2) is 19.2 Å². The molecule has 0 heterocycles. The SMILES string of the molecule is CN[C@H]1C[C@H](Oc2ccc(C#N)c(Cl)c2)C1(C)C. The lowest BCUT2D eigenvalue weighted by atomic mass is 9.64. The molecule has 0 aliphatic heterocycles. The Labute approximate surface area is 113 Å². The zero-order chi connectivity index (χ0) is 13.3. The van der Waals surface area contributed by atoms with Crippen molar-refractivity contribution in [3.05, 3.63) is 28.8 Å². The predicted octanol–water partition coefficient (Wildman–Crippen LogP) is 2.98. The van der Waals surface area contributed by atoms with Crippen LogP contribution in [0.15, 0.2) is 18.2 Å². The third-order valence-corrected chi connectivity index (χ3v) is 4.18. The number of hydrogen-bond acceptors (Lipinski definition) is 3. The fourth-order valence-corrected chi connectivity index (χ4v) is 2.61. The fourth-order valence-electron chi connectivity index (χ4n) is 2.40. The second-order valence-electron chi connectivity index (χ2n) is 5.26. The summed E-state index contributed by atoms with van der Waals surface area (Å²) in [5.74, 6) is 0.728. The minimum Gasteiger partial charge on any atom is -0.490 e. The van der Waals surface area contributed by atoms with Gasteiger partial charge in [-0.1, -0.05) is 25.4 Å². The van der Waals surface area contributed by atoms with Gasteiger partial charge in [-0.2, -0.15) is 5.26 Å². The third kappa shape index (κ3) is 2.19. The van der Waals surface area contributed by atoms with Crippen LogP contribution in [0.25, 0.3) is 0 Å². The molecule has 0 spiro atoms. The molecule has 2 atom stereocenters. The molecule has 0 bridgehead atoms. The van der Waals surface area contributed by atoms with Crippen LogP contribution >= 0.6 is 11.6 Å². The molecule has 4 heteroatoms. The zero-order valence-electron chi connectivity index (χ0n) is 10.8. The van der Waals surface area contributed by atoms with Gasteiger partial charge in [0.2, 0.25) is 0 Å². The summed E-state index contributed by atoms with van der Waals surface area (Å²) in [6, 6.07) is 7.72. The summed E-state index contributed by atoms with van der Waals surface area (Å²) in [5, 5.41) is 12.5. The van der Waals surface area contributed by atoms with E-state index in [1.807, 2.05) is 13.1 Å². The van der Waals surface area contributed by atoms with Crippen molar-refractivity contribution in [2.45, 2.75) is 32.4 Å². The van der Waals surface area contributed by atoms with E-state index in [2.05, 4.69) is 19.2 Å². The molecule has 1 fully saturated rings. The molecule has 1 aromatic carbocycles. The molecule has 1 aromatic rings. The van der Waals surface area contributed by atoms with Crippen molar-refractivity contribution in [2.75, 3.05) is 7.05 Å². The van der Waals surface area contributed by atoms with Gasteiger partial charge in [-0.05, 0) is 19.2 Å². The molecule has 18 heavy (non-hydrogen) atoms. The smallest absolute Gasteiger partial charge is 0.121 e. The van der Waals surface area contributed by atoms with E-state index in [1.165, 1.54) is 0 Å². The number of benzene rings is 1. The van der Waals surface area contributed by atoms with E-state index >= 15 is 0 Å². The molecule has 0 saturated heterocycles. The van der Waals surface area contributed by atoms with Gasteiger partial charge in [-0.15, -0.1) is 0 Å². The molecule has 0 amide bonds. The maximum absolute atomic E-state index is 8.81. The molecule has 1 aliphatic carbocycles. The topological polar surface area (TPSA) is 45.0 Å². The average Bonchev–Trinajstić information content (AvgIpc) is 2.34. The summed E-state index contributed by atoms with van der Waals surface area (Å²) in [6.45, 7) is 4.38. The molecule has 2 rings (SSSR count). The van der Waals surface area contributed by atoms with E-state index in [9.17, 15) is 0 Å². The summed E-state index contributed by atoms with van der Waals surface area (Å²) in [7, 11) is 1.97. The van der Waals surface area contributed by atoms with E-state index < -0.39 is 0 Å². The van der Waals surface area contributed by atoms with Gasteiger partial charge < -0.3 is 10.1 Å². The average molecular weight is 265 g/mol. The van der Waals surface area contributed by atoms with Gasteiger partial charge in [-0.25, -0.2) is 0 Å². The normalized spacial score (nSPS) is 25.1. The number of nitrogens with zero attached hydrogens (tertiary/aromatic N) is 1. The van der Waals surface area contributed by atoms with Crippen LogP contribution in [0.5, 0.6) is 5.75 Å². The Bertz CT molecular complexity index is 493. The zero-order valence-corrected chi connectivity index (χ0v) is 11.6. The van der Waals surface area contributed by atoms with E-state index in [0.717, 1.165) is 12.2 Å². The first-order valence-electron chi connectivity index (χ1n) is 6.02. The number of ether oxygens (including phenoxy) is 1. The molecule has 96 valence electrons. The molecule has 1 aliphatic rings. The number of halogens is 1. The lowest BCUT2D eigenvalue weighted by Gasteiger charge is -2.51. The summed E-state index contributed by atoms with van der Waals surface area (Å²) < 4.78 is 5.94. The third-order valence-electron chi connectivity index (χ3n) is 3.87. The highest BCUT2D eigenvalue weighted by Crippen LogP contribution is 2.43. The second-order valence-corrected chi connectivity index (χ2v) is 5.67. The first kappa shape index (κ1) is 13.2. The van der Waals surface area contributed by atoms with Gasteiger partial charge in [0, 0.05) is 23.9 Å². The van der Waals surface area contributed by atoms with Crippen LogP contribution in [0.4, 0.5) is 0 Å². The van der Waals surface area contributed by atoms with Crippen molar-refractivity contribution in [1.29, 1.82) is 5.26 Å². The van der Waals surface area contributed by atoms with Crippen molar-refractivity contribution < 1.29 is 4.74 Å². The van der Waals surface area contributed by atoms with Gasteiger partial charge >= 0.3 is 0 Å². The Morgan fingerprint density at radius 2 is 2.22 bits per heavy atom. The Morgan fingerprint density at radius 1 is 1.50 bits per heavy atom. The van der Waals surface area contributed by atoms with Crippen molar-refractivity contribution in [3.8, 4) is 11.8 Å². The maximum atomic E-state index is 8.81. The fraction of sp³-hybridized carbons (Fsp3) is 0.500. The van der Waals surface area contributed by atoms with Crippen LogP contribution in [0.2, 0.25) is 5.02 Å². The minimum absolute atomic E-state index is 0.106.